The van der Waals surface area contributed by atoms with Crippen LogP contribution < -0.4 is 27.0 Å². The first-order valence-electron chi connectivity index (χ1n) is 30.9. The molecule has 0 aliphatic heterocycles. The minimum atomic E-state index is -3.69. The van der Waals surface area contributed by atoms with Gasteiger partial charge in [-0.05, 0) is 96.5 Å². The maximum absolute atomic E-state index is 15.1. The van der Waals surface area contributed by atoms with Crippen LogP contribution in [0.4, 0.5) is 0 Å². The Morgan fingerprint density at radius 2 is 0.884 bits per heavy atom. The van der Waals surface area contributed by atoms with Crippen molar-refractivity contribution in [1.82, 2.24) is 59.0 Å². The summed E-state index contributed by atoms with van der Waals surface area (Å²) >= 11 is 0. The van der Waals surface area contributed by atoms with Crippen molar-refractivity contribution in [2.75, 3.05) is 84.6 Å². The van der Waals surface area contributed by atoms with E-state index in [-0.39, 0.29) is 79.5 Å². The Bertz CT molecular complexity index is 3520. The molecule has 7 aromatic rings. The predicted molar refractivity (Wildman–Crippen MR) is 357 cm³/mol. The van der Waals surface area contributed by atoms with E-state index >= 15 is 4.57 Å². The summed E-state index contributed by atoms with van der Waals surface area (Å²) in [4.78, 5) is 120. The number of fused-ring (bicyclic) bond motifs is 2. The van der Waals surface area contributed by atoms with Crippen LogP contribution in [0.15, 0.2) is 126 Å². The van der Waals surface area contributed by atoms with Gasteiger partial charge in [0.1, 0.15) is 18.1 Å². The largest absolute Gasteiger partial charge is 0.465 e. The number of aromatic amines is 2. The number of esters is 3. The van der Waals surface area contributed by atoms with Crippen molar-refractivity contribution >= 4 is 80.0 Å². The van der Waals surface area contributed by atoms with Gasteiger partial charge in [-0.1, -0.05) is 105 Å². The van der Waals surface area contributed by atoms with Gasteiger partial charge in [-0.2, -0.15) is 19.2 Å². The normalized spacial score (nSPS) is 11.9. The third kappa shape index (κ3) is 30.5. The number of rotatable bonds is 36. The van der Waals surface area contributed by atoms with E-state index in [0.717, 1.165) is 42.6 Å². The summed E-state index contributed by atoms with van der Waals surface area (Å²) in [6.45, 7) is 19.5. The molecule has 0 saturated carbocycles. The minimum absolute atomic E-state index is 0. The highest BCUT2D eigenvalue weighted by atomic mass is 35.5. The summed E-state index contributed by atoms with van der Waals surface area (Å²) in [6.07, 6.45) is 9.75. The van der Waals surface area contributed by atoms with Crippen LogP contribution in [0.25, 0.3) is 22.3 Å². The number of carbonyl (C=O) groups is 3. The second-order valence-corrected chi connectivity index (χ2v) is 25.1. The maximum atomic E-state index is 15.1. The number of benzene rings is 3. The van der Waals surface area contributed by atoms with Gasteiger partial charge in [-0.25, -0.2) is 30.1 Å². The summed E-state index contributed by atoms with van der Waals surface area (Å²) in [5, 5.41) is 6.29. The smallest absolute Gasteiger partial charge is 0.373 e. The molecule has 3 atom stereocenters. The minimum Gasteiger partial charge on any atom is -0.465 e. The lowest BCUT2D eigenvalue weighted by molar-refractivity contribution is -0.193. The molecule has 4 heterocycles. The number of aromatic nitrogens is 8. The molecule has 95 heavy (non-hydrogen) atoms. The zero-order chi connectivity index (χ0) is 69.2. The van der Waals surface area contributed by atoms with Crippen LogP contribution in [0.3, 0.4) is 0 Å². The molecule has 0 spiro atoms. The second kappa shape index (κ2) is 47.0. The fraction of sp³-hybridized carbons (Fsp3) is 0.476. The van der Waals surface area contributed by atoms with E-state index in [9.17, 15) is 28.5 Å². The molecular weight excluding hydrogens is 1290 g/mol. The van der Waals surface area contributed by atoms with Gasteiger partial charge in [-0.3, -0.25) is 33.1 Å². The molecule has 29 nitrogen and oxygen atoms in total. The standard InChI is InChI=1S/C34H46N7O6P.C16H28N5O4P.C11H15NO2.2CO2.ClH/c1-4-17-40(18-19-41-25-37-30-31(41)35-24-36-32(30)42)20-21-48(45,38-28(33(43)46-5-2)22-26-13-9-7-10-14-26)39-29(34(44)47-6-3)23-27-15-11-8-12-16-27;1-4-7-20(10-11-26(23,24-5-2)25-6-3)8-9-21-13-19-14-15(21)17-12-18-16(14)22;1-2-14-11(13)10(12)8-9-6-4-3-5-7-9;2*2-1-3;/h7-16,24-25,28-29H,4-6,17-23H2,1-3H3,(H,35,36,42)(H2,38,39,45);12-13H,4-11H2,1-3H3,(H,17,18,22);3-7,10H,2,8,12H2,1H3;;;1H/t28-,29-;;10-;;;/m0.0.../s1. The Morgan fingerprint density at radius 1 is 0.526 bits per heavy atom. The maximum Gasteiger partial charge on any atom is 0.373 e. The van der Waals surface area contributed by atoms with E-state index < -0.39 is 45.1 Å². The number of imidazole rings is 2. The van der Waals surface area contributed by atoms with Gasteiger partial charge in [0, 0.05) is 45.4 Å². The third-order valence-electron chi connectivity index (χ3n) is 13.6. The third-order valence-corrected chi connectivity index (χ3v) is 17.9. The summed E-state index contributed by atoms with van der Waals surface area (Å²) in [5.74, 6) is -1.39. The first-order chi connectivity index (χ1) is 45.3. The Morgan fingerprint density at radius 3 is 1.24 bits per heavy atom. The molecule has 3 aromatic carbocycles. The molecule has 6 N–H and O–H groups in total. The zero-order valence-electron chi connectivity index (χ0n) is 54.8. The van der Waals surface area contributed by atoms with Crippen molar-refractivity contribution in [3.8, 4) is 0 Å². The first kappa shape index (κ1) is 83.1. The molecule has 0 unspecified atom stereocenters. The van der Waals surface area contributed by atoms with Crippen LogP contribution in [0, 0.1) is 0 Å². The molecule has 0 radical (unpaired) electrons. The summed E-state index contributed by atoms with van der Waals surface area (Å²) < 4.78 is 57.7. The van der Waals surface area contributed by atoms with E-state index in [1.165, 1.54) is 12.7 Å². The van der Waals surface area contributed by atoms with Crippen LogP contribution in [-0.4, -0.2) is 182 Å². The van der Waals surface area contributed by atoms with Crippen LogP contribution in [-0.2, 0) is 98.3 Å². The van der Waals surface area contributed by atoms with Gasteiger partial charge < -0.3 is 57.9 Å². The molecule has 520 valence electrons. The van der Waals surface area contributed by atoms with E-state index in [1.54, 1.807) is 33.4 Å². The molecule has 0 aliphatic carbocycles. The quantitative estimate of drug-likeness (QED) is 0.0170. The number of nitrogens with two attached hydrogens (primary N) is 1. The molecule has 0 aliphatic rings. The number of H-pyrrole nitrogens is 2. The van der Waals surface area contributed by atoms with Crippen LogP contribution in [0.1, 0.15) is 78.0 Å². The number of carbonyl (C=O) groups excluding carboxylic acids is 7. The Balaban J connectivity index is 0.000000542. The highest BCUT2D eigenvalue weighted by molar-refractivity contribution is 7.60. The average molecular weight is 1380 g/mol. The molecular formula is C63H90ClN13O16P2. The van der Waals surface area contributed by atoms with Gasteiger partial charge in [0.2, 0.25) is 7.44 Å². The predicted octanol–water partition coefficient (Wildman–Crippen LogP) is 6.02. The van der Waals surface area contributed by atoms with Gasteiger partial charge in [0.15, 0.2) is 22.3 Å². The molecule has 0 bridgehead atoms. The van der Waals surface area contributed by atoms with E-state index in [2.05, 4.69) is 63.7 Å². The van der Waals surface area contributed by atoms with Crippen molar-refractivity contribution in [3.63, 3.8) is 0 Å². The average Bonchev–Trinajstić information content (AvgIpc) is 1.77. The van der Waals surface area contributed by atoms with Gasteiger partial charge in [0.05, 0.1) is 64.5 Å². The van der Waals surface area contributed by atoms with Crippen molar-refractivity contribution in [3.05, 3.63) is 154 Å². The molecule has 4 aromatic heterocycles. The van der Waals surface area contributed by atoms with Crippen molar-refractivity contribution < 1.29 is 65.9 Å². The van der Waals surface area contributed by atoms with Crippen LogP contribution in [0.2, 0.25) is 0 Å². The Kier molecular flexibility index (Phi) is 41.1. The first-order valence-corrected chi connectivity index (χ1v) is 34.6. The van der Waals surface area contributed by atoms with Crippen molar-refractivity contribution in [1.29, 1.82) is 0 Å². The molecule has 0 fully saturated rings. The Labute approximate surface area is 558 Å². The van der Waals surface area contributed by atoms with Crippen LogP contribution >= 0.6 is 27.4 Å². The number of nitrogens with zero attached hydrogens (tertiary/aromatic N) is 8. The van der Waals surface area contributed by atoms with Crippen molar-refractivity contribution in [2.24, 2.45) is 5.73 Å². The number of nitrogens with one attached hydrogen (secondary N) is 4. The summed E-state index contributed by atoms with van der Waals surface area (Å²) in [6, 6.07) is 26.1. The molecule has 32 heteroatoms. The summed E-state index contributed by atoms with van der Waals surface area (Å²) in [5.41, 5.74) is 9.56. The van der Waals surface area contributed by atoms with Crippen molar-refractivity contribution in [2.45, 2.75) is 112 Å². The molecule has 0 saturated heterocycles. The number of ether oxygens (including phenoxy) is 3. The number of hydrogen-bond donors (Lipinski definition) is 5. The Hall–Kier alpha value is -8.00. The molecule has 7 rings (SSSR count). The number of hydrogen-bond acceptors (Lipinski definition) is 23. The lowest BCUT2D eigenvalue weighted by Gasteiger charge is -2.31. The van der Waals surface area contributed by atoms with Gasteiger partial charge in [-0.15, -0.1) is 12.4 Å². The van der Waals surface area contributed by atoms with Gasteiger partial charge >= 0.3 is 37.8 Å². The zero-order valence-corrected chi connectivity index (χ0v) is 57.4. The SMILES string of the molecule is CCCN(CCn1cnc2c(=O)[nH]cnc21)CCP(=O)(N[C@@H](Cc1ccccc1)C(=O)OCC)N[C@@H](Cc1ccccc1)C(=O)OCC.CCCN(CCn1cnc2c(=O)[nH]cnc21)CCP(=O)(OCC)OCC.CCOC(=O)[C@@H](N)Cc1ccccc1.Cl.O=C=O.O=C=O. The highest BCUT2D eigenvalue weighted by Crippen LogP contribution is 2.47. The lowest BCUT2D eigenvalue weighted by atomic mass is 10.1. The fourth-order valence-corrected chi connectivity index (χ4v) is 13.4. The second-order valence-electron chi connectivity index (χ2n) is 20.5. The monoisotopic (exact) mass is 1380 g/mol. The van der Waals surface area contributed by atoms with Gasteiger partial charge in [0.25, 0.3) is 11.1 Å². The number of halogens is 1. The fourth-order valence-electron chi connectivity index (χ4n) is 9.44. The van der Waals surface area contributed by atoms with Crippen LogP contribution in [0.5, 0.6) is 0 Å². The molecule has 0 amide bonds. The highest BCUT2D eigenvalue weighted by Gasteiger charge is 2.36. The summed E-state index contributed by atoms with van der Waals surface area (Å²) in [7, 11) is -6.73. The topological polar surface area (TPSA) is 383 Å². The lowest BCUT2D eigenvalue weighted by Crippen LogP contribution is -2.47. The van der Waals surface area contributed by atoms with E-state index in [4.69, 9.17) is 48.2 Å². The van der Waals surface area contributed by atoms with E-state index in [1.807, 2.05) is 114 Å². The van der Waals surface area contributed by atoms with E-state index in [0.29, 0.717) is 88.5 Å².